The molecule has 0 aliphatic rings. The van der Waals surface area contributed by atoms with Crippen LogP contribution in [-0.2, 0) is 0 Å². The molecule has 1 aromatic heterocycles. The van der Waals surface area contributed by atoms with Crippen LogP contribution in [0.15, 0.2) is 58.7 Å². The highest BCUT2D eigenvalue weighted by molar-refractivity contribution is 7.99. The average molecular weight is 274 g/mol. The number of halogens is 2. The van der Waals surface area contributed by atoms with Gasteiger partial charge in [-0.25, -0.2) is 18.7 Å². The van der Waals surface area contributed by atoms with Gasteiger partial charge in [-0.1, -0.05) is 17.8 Å². The quantitative estimate of drug-likeness (QED) is 0.659. The molecule has 3 rings (SSSR count). The third-order valence-corrected chi connectivity index (χ3v) is 3.58. The van der Waals surface area contributed by atoms with Gasteiger partial charge in [0.05, 0.1) is 5.52 Å². The van der Waals surface area contributed by atoms with Gasteiger partial charge in [-0.05, 0) is 36.4 Å². The van der Waals surface area contributed by atoms with E-state index < -0.39 is 0 Å². The minimum atomic E-state index is -0.344. The van der Waals surface area contributed by atoms with Crippen molar-refractivity contribution in [1.82, 2.24) is 9.97 Å². The van der Waals surface area contributed by atoms with Crippen molar-refractivity contribution in [3.63, 3.8) is 0 Å². The third-order valence-electron chi connectivity index (χ3n) is 2.57. The molecule has 3 aromatic rings. The Hall–Kier alpha value is -2.01. The van der Waals surface area contributed by atoms with Crippen molar-refractivity contribution in [2.24, 2.45) is 0 Å². The summed E-state index contributed by atoms with van der Waals surface area (Å²) >= 11 is 1.28. The van der Waals surface area contributed by atoms with E-state index in [4.69, 9.17) is 0 Å². The molecule has 0 saturated heterocycles. The van der Waals surface area contributed by atoms with Gasteiger partial charge >= 0.3 is 0 Å². The van der Waals surface area contributed by atoms with Crippen molar-refractivity contribution in [1.29, 1.82) is 0 Å². The Morgan fingerprint density at radius 3 is 2.58 bits per heavy atom. The lowest BCUT2D eigenvalue weighted by Gasteiger charge is -2.04. The van der Waals surface area contributed by atoms with Crippen molar-refractivity contribution >= 4 is 22.7 Å². The number of rotatable bonds is 2. The van der Waals surface area contributed by atoms with E-state index in [2.05, 4.69) is 9.97 Å². The maximum atomic E-state index is 13.3. The molecule has 0 bridgehead atoms. The van der Waals surface area contributed by atoms with Gasteiger partial charge in [0.25, 0.3) is 0 Å². The molecule has 0 aliphatic heterocycles. The smallest absolute Gasteiger partial charge is 0.124 e. The van der Waals surface area contributed by atoms with Gasteiger partial charge < -0.3 is 0 Å². The Morgan fingerprint density at radius 2 is 1.74 bits per heavy atom. The number of hydrogen-bond donors (Lipinski definition) is 0. The summed E-state index contributed by atoms with van der Waals surface area (Å²) in [5.74, 6) is -0.655. The van der Waals surface area contributed by atoms with Crippen LogP contribution in [-0.4, -0.2) is 9.97 Å². The number of nitrogens with zero attached hydrogens (tertiary/aromatic N) is 2. The largest absolute Gasteiger partial charge is 0.236 e. The van der Waals surface area contributed by atoms with Crippen LogP contribution in [0.1, 0.15) is 0 Å². The lowest BCUT2D eigenvalue weighted by Crippen LogP contribution is -1.88. The zero-order chi connectivity index (χ0) is 13.2. The number of aromatic nitrogens is 2. The lowest BCUT2D eigenvalue weighted by molar-refractivity contribution is 0.624. The molecule has 19 heavy (non-hydrogen) atoms. The van der Waals surface area contributed by atoms with Crippen LogP contribution in [0.3, 0.4) is 0 Å². The van der Waals surface area contributed by atoms with Crippen LogP contribution in [0.25, 0.3) is 10.9 Å². The Morgan fingerprint density at radius 1 is 0.895 bits per heavy atom. The first kappa shape index (κ1) is 12.0. The molecule has 0 unspecified atom stereocenters. The Labute approximate surface area is 112 Å². The Kier molecular flexibility index (Phi) is 3.13. The van der Waals surface area contributed by atoms with Crippen molar-refractivity contribution in [2.45, 2.75) is 9.92 Å². The van der Waals surface area contributed by atoms with Gasteiger partial charge in [0.2, 0.25) is 0 Å². The SMILES string of the molecule is Fc1cccc(Sc2ncnc3ccc(F)cc23)c1. The molecule has 0 radical (unpaired) electrons. The summed E-state index contributed by atoms with van der Waals surface area (Å²) < 4.78 is 26.4. The number of fused-ring (bicyclic) bond motifs is 1. The van der Waals surface area contributed by atoms with Gasteiger partial charge in [0.15, 0.2) is 0 Å². The standard InChI is InChI=1S/C14H8F2N2S/c15-9-2-1-3-11(6-9)19-14-12-7-10(16)4-5-13(12)17-8-18-14/h1-8H. The summed E-state index contributed by atoms with van der Waals surface area (Å²) in [7, 11) is 0. The van der Waals surface area contributed by atoms with Crippen LogP contribution >= 0.6 is 11.8 Å². The molecular weight excluding hydrogens is 266 g/mol. The highest BCUT2D eigenvalue weighted by atomic mass is 32.2. The van der Waals surface area contributed by atoms with E-state index in [1.807, 2.05) is 0 Å². The summed E-state index contributed by atoms with van der Waals surface area (Å²) in [5.41, 5.74) is 0.662. The Bertz CT molecular complexity index is 746. The van der Waals surface area contributed by atoms with Gasteiger partial charge in [-0.15, -0.1) is 0 Å². The second kappa shape index (κ2) is 4.93. The summed E-state index contributed by atoms with van der Waals surface area (Å²) in [5, 5.41) is 1.23. The van der Waals surface area contributed by atoms with E-state index >= 15 is 0 Å². The van der Waals surface area contributed by atoms with Crippen molar-refractivity contribution in [2.75, 3.05) is 0 Å². The van der Waals surface area contributed by atoms with Gasteiger partial charge in [-0.3, -0.25) is 0 Å². The topological polar surface area (TPSA) is 25.8 Å². The molecular formula is C14H8F2N2S. The fraction of sp³-hybridized carbons (Fsp3) is 0. The van der Waals surface area contributed by atoms with Crippen molar-refractivity contribution in [3.05, 3.63) is 60.4 Å². The monoisotopic (exact) mass is 274 g/mol. The maximum Gasteiger partial charge on any atom is 0.124 e. The van der Waals surface area contributed by atoms with E-state index in [9.17, 15) is 8.78 Å². The summed E-state index contributed by atoms with van der Waals surface area (Å²) in [4.78, 5) is 8.92. The van der Waals surface area contributed by atoms with E-state index in [1.165, 1.54) is 42.4 Å². The van der Waals surface area contributed by atoms with Crippen LogP contribution in [0.4, 0.5) is 8.78 Å². The third kappa shape index (κ3) is 2.56. The predicted molar refractivity (Wildman–Crippen MR) is 70.0 cm³/mol. The Balaban J connectivity index is 2.07. The molecule has 0 saturated carbocycles. The number of benzene rings is 2. The average Bonchev–Trinajstić information content (AvgIpc) is 2.39. The first-order valence-corrected chi connectivity index (χ1v) is 6.38. The molecule has 0 atom stereocenters. The molecule has 2 aromatic carbocycles. The van der Waals surface area contributed by atoms with E-state index in [0.29, 0.717) is 20.8 Å². The maximum absolute atomic E-state index is 13.3. The zero-order valence-corrected chi connectivity index (χ0v) is 10.5. The van der Waals surface area contributed by atoms with Crippen LogP contribution in [0, 0.1) is 11.6 Å². The second-order valence-electron chi connectivity index (χ2n) is 3.90. The molecule has 1 heterocycles. The minimum absolute atomic E-state index is 0.311. The second-order valence-corrected chi connectivity index (χ2v) is 4.96. The summed E-state index contributed by atoms with van der Waals surface area (Å²) in [6, 6.07) is 10.5. The molecule has 2 nitrogen and oxygen atoms in total. The van der Waals surface area contributed by atoms with Gasteiger partial charge in [0.1, 0.15) is 23.0 Å². The van der Waals surface area contributed by atoms with E-state index in [0.717, 1.165) is 0 Å². The molecule has 0 amide bonds. The van der Waals surface area contributed by atoms with Crippen molar-refractivity contribution in [3.8, 4) is 0 Å². The van der Waals surface area contributed by atoms with E-state index in [1.54, 1.807) is 18.2 Å². The first-order chi connectivity index (χ1) is 9.22. The summed E-state index contributed by atoms with van der Waals surface area (Å²) in [6.07, 6.45) is 1.42. The highest BCUT2D eigenvalue weighted by Crippen LogP contribution is 2.31. The molecule has 0 fully saturated rings. The molecule has 0 aliphatic carbocycles. The fourth-order valence-electron chi connectivity index (χ4n) is 1.73. The van der Waals surface area contributed by atoms with Crippen LogP contribution < -0.4 is 0 Å². The summed E-state index contributed by atoms with van der Waals surface area (Å²) in [6.45, 7) is 0. The van der Waals surface area contributed by atoms with Gasteiger partial charge in [0, 0.05) is 10.3 Å². The highest BCUT2D eigenvalue weighted by Gasteiger charge is 2.07. The van der Waals surface area contributed by atoms with Gasteiger partial charge in [-0.2, -0.15) is 0 Å². The number of hydrogen-bond acceptors (Lipinski definition) is 3. The minimum Gasteiger partial charge on any atom is -0.236 e. The fourth-order valence-corrected chi connectivity index (χ4v) is 2.64. The molecule has 0 spiro atoms. The molecule has 0 N–H and O–H groups in total. The molecule has 5 heteroatoms. The predicted octanol–water partition coefficient (Wildman–Crippen LogP) is 4.06. The van der Waals surface area contributed by atoms with Crippen molar-refractivity contribution < 1.29 is 8.78 Å². The van der Waals surface area contributed by atoms with Crippen LogP contribution in [0.5, 0.6) is 0 Å². The normalized spacial score (nSPS) is 10.8. The molecule has 94 valence electrons. The van der Waals surface area contributed by atoms with E-state index in [-0.39, 0.29) is 11.6 Å². The van der Waals surface area contributed by atoms with Crippen LogP contribution in [0.2, 0.25) is 0 Å². The zero-order valence-electron chi connectivity index (χ0n) is 9.68. The first-order valence-electron chi connectivity index (χ1n) is 5.56. The lowest BCUT2D eigenvalue weighted by atomic mass is 10.2.